The van der Waals surface area contributed by atoms with E-state index in [1.165, 1.54) is 6.07 Å². The maximum absolute atomic E-state index is 13.0. The van der Waals surface area contributed by atoms with Gasteiger partial charge < -0.3 is 9.80 Å². The third-order valence-corrected chi connectivity index (χ3v) is 4.74. The molecule has 2 aromatic heterocycles. The lowest BCUT2D eigenvalue weighted by Crippen LogP contribution is -2.47. The monoisotopic (exact) mass is 373 g/mol. The van der Waals surface area contributed by atoms with Gasteiger partial charge in [-0.3, -0.25) is 9.97 Å². The Morgan fingerprint density at radius 2 is 1.70 bits per heavy atom. The van der Waals surface area contributed by atoms with E-state index in [1.807, 2.05) is 6.07 Å². The Kier molecular flexibility index (Phi) is 4.33. The molecule has 0 N–H and O–H groups in total. The van der Waals surface area contributed by atoms with Crippen LogP contribution >= 0.6 is 0 Å². The summed E-state index contributed by atoms with van der Waals surface area (Å²) < 4.78 is 39.1. The molecule has 3 aromatic rings. The maximum Gasteiger partial charge on any atom is 0.416 e. The average molecular weight is 373 g/mol. The predicted octanol–water partition coefficient (Wildman–Crippen LogP) is 3.68. The quantitative estimate of drug-likeness (QED) is 0.686. The van der Waals surface area contributed by atoms with Crippen molar-refractivity contribution in [2.45, 2.75) is 13.1 Å². The lowest BCUT2D eigenvalue weighted by Gasteiger charge is -2.37. The van der Waals surface area contributed by atoms with Crippen LogP contribution in [0.3, 0.4) is 0 Å². The second-order valence-corrected chi connectivity index (χ2v) is 6.55. The first-order chi connectivity index (χ1) is 12.9. The highest BCUT2D eigenvalue weighted by atomic mass is 19.4. The first-order valence-electron chi connectivity index (χ1n) is 8.66. The zero-order chi connectivity index (χ0) is 19.0. The summed E-state index contributed by atoms with van der Waals surface area (Å²) in [6, 6.07) is 5.71. The molecular weight excluding hydrogens is 355 g/mol. The smallest absolute Gasteiger partial charge is 0.367 e. The Morgan fingerprint density at radius 1 is 0.963 bits per heavy atom. The summed E-state index contributed by atoms with van der Waals surface area (Å²) in [5.74, 6) is 0.836. The van der Waals surface area contributed by atoms with E-state index < -0.39 is 11.7 Å². The van der Waals surface area contributed by atoms with E-state index in [1.54, 1.807) is 25.5 Å². The van der Waals surface area contributed by atoms with Gasteiger partial charge in [0, 0.05) is 55.3 Å². The summed E-state index contributed by atoms with van der Waals surface area (Å²) in [7, 11) is 0. The van der Waals surface area contributed by atoms with Gasteiger partial charge in [-0.2, -0.15) is 13.2 Å². The fourth-order valence-electron chi connectivity index (χ4n) is 3.41. The van der Waals surface area contributed by atoms with Crippen molar-refractivity contribution in [1.82, 2.24) is 15.0 Å². The Bertz CT molecular complexity index is 951. The van der Waals surface area contributed by atoms with Crippen LogP contribution in [0.25, 0.3) is 10.9 Å². The Balaban J connectivity index is 1.62. The average Bonchev–Trinajstić information content (AvgIpc) is 2.67. The lowest BCUT2D eigenvalue weighted by molar-refractivity contribution is -0.137. The molecule has 8 heteroatoms. The third kappa shape index (κ3) is 3.51. The van der Waals surface area contributed by atoms with E-state index in [0.717, 1.165) is 55.2 Å². The number of benzene rings is 1. The van der Waals surface area contributed by atoms with Crippen molar-refractivity contribution >= 4 is 22.4 Å². The molecular formula is C19H18F3N5. The number of nitrogens with zero attached hydrogens (tertiary/aromatic N) is 5. The number of anilines is 2. The molecule has 0 spiro atoms. The molecule has 27 heavy (non-hydrogen) atoms. The standard InChI is InChI=1S/C19H18F3N5/c1-13-10-17(15-3-2-14(19(20,21)22)11-16(15)25-13)26-6-8-27(9-7-26)18-12-23-4-5-24-18/h2-5,10-12H,6-9H2,1H3. The van der Waals surface area contributed by atoms with Crippen molar-refractivity contribution in [2.24, 2.45) is 0 Å². The van der Waals surface area contributed by atoms with Crippen LogP contribution in [0.1, 0.15) is 11.3 Å². The van der Waals surface area contributed by atoms with Crippen molar-refractivity contribution in [1.29, 1.82) is 0 Å². The Labute approximate surface area is 154 Å². The van der Waals surface area contributed by atoms with Crippen LogP contribution in [0.5, 0.6) is 0 Å². The number of alkyl halides is 3. The molecule has 1 fully saturated rings. The van der Waals surface area contributed by atoms with Crippen molar-refractivity contribution in [3.63, 3.8) is 0 Å². The van der Waals surface area contributed by atoms with Crippen molar-refractivity contribution in [2.75, 3.05) is 36.0 Å². The summed E-state index contributed by atoms with van der Waals surface area (Å²) in [5.41, 5.74) is 1.32. The minimum Gasteiger partial charge on any atom is -0.367 e. The van der Waals surface area contributed by atoms with Crippen LogP contribution in [0.15, 0.2) is 42.9 Å². The molecule has 3 heterocycles. The first kappa shape index (κ1) is 17.5. The van der Waals surface area contributed by atoms with E-state index in [9.17, 15) is 13.2 Å². The molecule has 1 aliphatic heterocycles. The summed E-state index contributed by atoms with van der Waals surface area (Å²) in [5, 5.41) is 0.738. The summed E-state index contributed by atoms with van der Waals surface area (Å²) in [6.07, 6.45) is 0.670. The lowest BCUT2D eigenvalue weighted by atomic mass is 10.1. The highest BCUT2D eigenvalue weighted by molar-refractivity contribution is 5.92. The maximum atomic E-state index is 13.0. The number of pyridine rings is 1. The largest absolute Gasteiger partial charge is 0.416 e. The molecule has 1 saturated heterocycles. The summed E-state index contributed by atoms with van der Waals surface area (Å²) >= 11 is 0. The van der Waals surface area contributed by atoms with Gasteiger partial charge >= 0.3 is 6.18 Å². The van der Waals surface area contributed by atoms with Gasteiger partial charge in [-0.1, -0.05) is 6.07 Å². The molecule has 0 radical (unpaired) electrons. The minimum absolute atomic E-state index is 0.371. The third-order valence-electron chi connectivity index (χ3n) is 4.74. The van der Waals surface area contributed by atoms with Gasteiger partial charge in [-0.25, -0.2) is 4.98 Å². The van der Waals surface area contributed by atoms with Crippen LogP contribution in [-0.2, 0) is 6.18 Å². The molecule has 140 valence electrons. The van der Waals surface area contributed by atoms with E-state index in [0.29, 0.717) is 11.2 Å². The second kappa shape index (κ2) is 6.68. The molecule has 1 aliphatic rings. The van der Waals surface area contributed by atoms with Gasteiger partial charge in [0.05, 0.1) is 17.3 Å². The van der Waals surface area contributed by atoms with Gasteiger partial charge in [0.2, 0.25) is 0 Å². The van der Waals surface area contributed by atoms with E-state index in [4.69, 9.17) is 0 Å². The van der Waals surface area contributed by atoms with Crippen molar-refractivity contribution in [3.8, 4) is 0 Å². The molecule has 5 nitrogen and oxygen atoms in total. The SMILES string of the molecule is Cc1cc(N2CCN(c3cnccn3)CC2)c2ccc(C(F)(F)F)cc2n1. The second-order valence-electron chi connectivity index (χ2n) is 6.55. The number of hydrogen-bond acceptors (Lipinski definition) is 5. The van der Waals surface area contributed by atoms with Crippen LogP contribution < -0.4 is 9.80 Å². The van der Waals surface area contributed by atoms with Gasteiger partial charge in [0.25, 0.3) is 0 Å². The number of piperazine rings is 1. The number of rotatable bonds is 2. The van der Waals surface area contributed by atoms with Crippen LogP contribution in [0, 0.1) is 6.92 Å². The summed E-state index contributed by atoms with van der Waals surface area (Å²) in [6.45, 7) is 4.83. The topological polar surface area (TPSA) is 45.2 Å². The van der Waals surface area contributed by atoms with Gasteiger partial charge in [0.15, 0.2) is 0 Å². The Hall–Kier alpha value is -2.90. The van der Waals surface area contributed by atoms with Gasteiger partial charge in [0.1, 0.15) is 5.82 Å². The molecule has 0 aliphatic carbocycles. The van der Waals surface area contributed by atoms with E-state index in [-0.39, 0.29) is 0 Å². The highest BCUT2D eigenvalue weighted by Crippen LogP contribution is 2.34. The van der Waals surface area contributed by atoms with Crippen molar-refractivity contribution in [3.05, 3.63) is 54.1 Å². The predicted molar refractivity (Wildman–Crippen MR) is 97.9 cm³/mol. The molecule has 0 saturated carbocycles. The minimum atomic E-state index is -4.37. The molecule has 4 rings (SSSR count). The normalized spacial score (nSPS) is 15.4. The summed E-state index contributed by atoms with van der Waals surface area (Å²) in [4.78, 5) is 17.1. The number of hydrogen-bond donors (Lipinski definition) is 0. The fraction of sp³-hybridized carbons (Fsp3) is 0.316. The zero-order valence-electron chi connectivity index (χ0n) is 14.7. The number of aryl methyl sites for hydroxylation is 1. The number of aromatic nitrogens is 3. The molecule has 1 aromatic carbocycles. The molecule has 0 amide bonds. The van der Waals surface area contributed by atoms with Gasteiger partial charge in [-0.15, -0.1) is 0 Å². The van der Waals surface area contributed by atoms with E-state index >= 15 is 0 Å². The van der Waals surface area contributed by atoms with Crippen LogP contribution in [0.4, 0.5) is 24.7 Å². The fourth-order valence-corrected chi connectivity index (χ4v) is 3.41. The van der Waals surface area contributed by atoms with Crippen molar-refractivity contribution < 1.29 is 13.2 Å². The van der Waals surface area contributed by atoms with E-state index in [2.05, 4.69) is 24.8 Å². The molecule has 0 bridgehead atoms. The highest BCUT2D eigenvalue weighted by Gasteiger charge is 2.31. The Morgan fingerprint density at radius 3 is 2.37 bits per heavy atom. The molecule has 0 unspecified atom stereocenters. The number of halogens is 3. The zero-order valence-corrected chi connectivity index (χ0v) is 14.7. The van der Waals surface area contributed by atoms with Gasteiger partial charge in [-0.05, 0) is 25.1 Å². The van der Waals surface area contributed by atoms with Crippen LogP contribution in [0.2, 0.25) is 0 Å². The van der Waals surface area contributed by atoms with Crippen LogP contribution in [-0.4, -0.2) is 41.1 Å². The molecule has 0 atom stereocenters. The first-order valence-corrected chi connectivity index (χ1v) is 8.66. The number of fused-ring (bicyclic) bond motifs is 1.